The number of hydrogen-bond acceptors (Lipinski definition) is 5. The highest BCUT2D eigenvalue weighted by molar-refractivity contribution is 7.92. The standard InChI is InChI=1S/C20H20N2O4S/c1-2-13-26-20(23)16-5-11-19(12-6-16)27(24,25)22(18-9-10-18)17-7-3-15(14-21)4-8-17/h3-8,11-12,18H,2,9-10,13H2,1H3. The van der Waals surface area contributed by atoms with Crippen molar-refractivity contribution in [2.75, 3.05) is 10.9 Å². The SMILES string of the molecule is CCCOC(=O)c1ccc(S(=O)(=O)N(c2ccc(C#N)cc2)C2CC2)cc1. The Morgan fingerprint density at radius 2 is 1.78 bits per heavy atom. The molecular formula is C20H20N2O4S. The van der Waals surface area contributed by atoms with Gasteiger partial charge in [-0.05, 0) is 67.8 Å². The van der Waals surface area contributed by atoms with Gasteiger partial charge in [0.25, 0.3) is 10.0 Å². The van der Waals surface area contributed by atoms with Crippen molar-refractivity contribution in [2.24, 2.45) is 0 Å². The van der Waals surface area contributed by atoms with E-state index in [9.17, 15) is 13.2 Å². The Balaban J connectivity index is 1.88. The fourth-order valence-electron chi connectivity index (χ4n) is 2.69. The topological polar surface area (TPSA) is 87.5 Å². The first kappa shape index (κ1) is 18.9. The summed E-state index contributed by atoms with van der Waals surface area (Å²) in [5, 5.41) is 8.93. The van der Waals surface area contributed by atoms with Gasteiger partial charge >= 0.3 is 5.97 Å². The predicted molar refractivity (Wildman–Crippen MR) is 101 cm³/mol. The average Bonchev–Trinajstić information content (AvgIpc) is 3.51. The molecule has 0 amide bonds. The van der Waals surface area contributed by atoms with Gasteiger partial charge in [0, 0.05) is 6.04 Å². The molecule has 1 saturated carbocycles. The monoisotopic (exact) mass is 384 g/mol. The molecule has 140 valence electrons. The Morgan fingerprint density at radius 3 is 2.30 bits per heavy atom. The second-order valence-electron chi connectivity index (χ2n) is 6.35. The highest BCUT2D eigenvalue weighted by Crippen LogP contribution is 2.36. The van der Waals surface area contributed by atoms with Crippen molar-refractivity contribution in [1.82, 2.24) is 0 Å². The summed E-state index contributed by atoms with van der Waals surface area (Å²) in [5.74, 6) is -0.466. The predicted octanol–water partition coefficient (Wildman–Crippen LogP) is 3.48. The van der Waals surface area contributed by atoms with E-state index in [4.69, 9.17) is 10.00 Å². The Hall–Kier alpha value is -2.85. The van der Waals surface area contributed by atoms with E-state index < -0.39 is 16.0 Å². The third kappa shape index (κ3) is 4.12. The van der Waals surface area contributed by atoms with Crippen molar-refractivity contribution < 1.29 is 17.9 Å². The molecule has 3 rings (SSSR count). The van der Waals surface area contributed by atoms with Crippen molar-refractivity contribution in [2.45, 2.75) is 37.1 Å². The van der Waals surface area contributed by atoms with Crippen LogP contribution in [0.3, 0.4) is 0 Å². The zero-order valence-corrected chi connectivity index (χ0v) is 15.8. The summed E-state index contributed by atoms with van der Waals surface area (Å²) in [5.41, 5.74) is 1.32. The van der Waals surface area contributed by atoms with E-state index in [1.807, 2.05) is 13.0 Å². The summed E-state index contributed by atoms with van der Waals surface area (Å²) in [6.07, 6.45) is 2.31. The lowest BCUT2D eigenvalue weighted by Gasteiger charge is -2.24. The smallest absolute Gasteiger partial charge is 0.338 e. The quantitative estimate of drug-likeness (QED) is 0.682. The van der Waals surface area contributed by atoms with Gasteiger partial charge in [-0.3, -0.25) is 4.31 Å². The van der Waals surface area contributed by atoms with Crippen molar-refractivity contribution >= 4 is 21.7 Å². The summed E-state index contributed by atoms with van der Waals surface area (Å²) < 4.78 is 32.8. The number of nitriles is 1. The maximum Gasteiger partial charge on any atom is 0.338 e. The van der Waals surface area contributed by atoms with E-state index in [1.165, 1.54) is 28.6 Å². The molecule has 0 unspecified atom stereocenters. The van der Waals surface area contributed by atoms with Crippen LogP contribution in [-0.2, 0) is 14.8 Å². The maximum atomic E-state index is 13.2. The Bertz CT molecular complexity index is 957. The second kappa shape index (κ2) is 7.80. The van der Waals surface area contributed by atoms with E-state index in [0.717, 1.165) is 19.3 Å². The van der Waals surface area contributed by atoms with Crippen LogP contribution in [0.15, 0.2) is 53.4 Å². The molecular weight excluding hydrogens is 364 g/mol. The maximum absolute atomic E-state index is 13.2. The van der Waals surface area contributed by atoms with Crippen LogP contribution in [0.1, 0.15) is 42.1 Å². The molecule has 1 fully saturated rings. The summed E-state index contributed by atoms with van der Waals surface area (Å²) in [4.78, 5) is 12.0. The number of hydrogen-bond donors (Lipinski definition) is 0. The van der Waals surface area contributed by atoms with Crippen molar-refractivity contribution in [3.8, 4) is 6.07 Å². The lowest BCUT2D eigenvalue weighted by molar-refractivity contribution is 0.0505. The molecule has 7 heteroatoms. The molecule has 0 atom stereocenters. The van der Waals surface area contributed by atoms with Gasteiger partial charge in [-0.1, -0.05) is 6.92 Å². The number of carbonyl (C=O) groups excluding carboxylic acids is 1. The molecule has 0 N–H and O–H groups in total. The van der Waals surface area contributed by atoms with Gasteiger partial charge in [0.15, 0.2) is 0 Å². The fraction of sp³-hybridized carbons (Fsp3) is 0.300. The van der Waals surface area contributed by atoms with Gasteiger partial charge in [-0.15, -0.1) is 0 Å². The van der Waals surface area contributed by atoms with E-state index in [2.05, 4.69) is 0 Å². The van der Waals surface area contributed by atoms with Crippen molar-refractivity contribution in [3.63, 3.8) is 0 Å². The van der Waals surface area contributed by atoms with Crippen LogP contribution in [0.5, 0.6) is 0 Å². The van der Waals surface area contributed by atoms with Crippen molar-refractivity contribution in [3.05, 3.63) is 59.7 Å². The zero-order chi connectivity index (χ0) is 19.4. The van der Waals surface area contributed by atoms with E-state index in [1.54, 1.807) is 24.3 Å². The zero-order valence-electron chi connectivity index (χ0n) is 15.0. The minimum atomic E-state index is -3.77. The molecule has 2 aromatic carbocycles. The number of benzene rings is 2. The summed E-state index contributed by atoms with van der Waals surface area (Å²) in [6.45, 7) is 2.23. The van der Waals surface area contributed by atoms with Gasteiger partial charge in [0.1, 0.15) is 0 Å². The van der Waals surface area contributed by atoms with Gasteiger partial charge in [0.05, 0.1) is 34.4 Å². The number of carbonyl (C=O) groups is 1. The molecule has 1 aliphatic carbocycles. The van der Waals surface area contributed by atoms with Crippen LogP contribution in [0.2, 0.25) is 0 Å². The highest BCUT2D eigenvalue weighted by Gasteiger charge is 2.38. The summed E-state index contributed by atoms with van der Waals surface area (Å²) >= 11 is 0. The second-order valence-corrected chi connectivity index (χ2v) is 8.17. The number of ether oxygens (including phenoxy) is 1. The van der Waals surface area contributed by atoms with Gasteiger partial charge in [-0.25, -0.2) is 13.2 Å². The van der Waals surface area contributed by atoms with E-state index in [-0.39, 0.29) is 10.9 Å². The molecule has 2 aromatic rings. The lowest BCUT2D eigenvalue weighted by atomic mass is 10.2. The lowest BCUT2D eigenvalue weighted by Crippen LogP contribution is -2.33. The largest absolute Gasteiger partial charge is 0.462 e. The minimum Gasteiger partial charge on any atom is -0.462 e. The Morgan fingerprint density at radius 1 is 1.15 bits per heavy atom. The number of sulfonamides is 1. The molecule has 0 bridgehead atoms. The normalized spacial score (nSPS) is 13.6. The van der Waals surface area contributed by atoms with Crippen molar-refractivity contribution in [1.29, 1.82) is 5.26 Å². The van der Waals surface area contributed by atoms with Gasteiger partial charge < -0.3 is 4.74 Å². The molecule has 0 heterocycles. The molecule has 0 aliphatic heterocycles. The van der Waals surface area contributed by atoms with E-state index >= 15 is 0 Å². The molecule has 0 spiro atoms. The fourth-order valence-corrected chi connectivity index (χ4v) is 4.40. The first-order valence-corrected chi connectivity index (χ1v) is 10.2. The minimum absolute atomic E-state index is 0.0860. The van der Waals surface area contributed by atoms with E-state index in [0.29, 0.717) is 23.4 Å². The summed E-state index contributed by atoms with van der Waals surface area (Å²) in [6, 6.07) is 14.2. The number of nitrogens with zero attached hydrogens (tertiary/aromatic N) is 2. The molecule has 1 aliphatic rings. The molecule has 6 nitrogen and oxygen atoms in total. The summed E-state index contributed by atoms with van der Waals surface area (Å²) in [7, 11) is -3.77. The van der Waals surface area contributed by atoms with Gasteiger partial charge in [-0.2, -0.15) is 5.26 Å². The van der Waals surface area contributed by atoms with Crippen LogP contribution in [0.4, 0.5) is 5.69 Å². The van der Waals surface area contributed by atoms with Crippen LogP contribution in [0.25, 0.3) is 0 Å². The molecule has 0 saturated heterocycles. The number of esters is 1. The van der Waals surface area contributed by atoms with Crippen LogP contribution in [0, 0.1) is 11.3 Å². The van der Waals surface area contributed by atoms with Crippen LogP contribution < -0.4 is 4.31 Å². The average molecular weight is 384 g/mol. The number of anilines is 1. The third-order valence-electron chi connectivity index (χ3n) is 4.21. The highest BCUT2D eigenvalue weighted by atomic mass is 32.2. The number of rotatable bonds is 7. The molecule has 0 aromatic heterocycles. The Labute approximate surface area is 159 Å². The Kier molecular flexibility index (Phi) is 5.47. The van der Waals surface area contributed by atoms with Gasteiger partial charge in [0.2, 0.25) is 0 Å². The molecule has 27 heavy (non-hydrogen) atoms. The molecule has 0 radical (unpaired) electrons. The van der Waals surface area contributed by atoms with Crippen LogP contribution in [-0.4, -0.2) is 27.0 Å². The third-order valence-corrected chi connectivity index (χ3v) is 6.11. The first-order valence-electron chi connectivity index (χ1n) is 8.79. The van der Waals surface area contributed by atoms with Crippen LogP contribution >= 0.6 is 0 Å². The first-order chi connectivity index (χ1) is 13.0.